The summed E-state index contributed by atoms with van der Waals surface area (Å²) < 4.78 is 43.8. The van der Waals surface area contributed by atoms with Crippen molar-refractivity contribution in [3.63, 3.8) is 0 Å². The number of hydrogen-bond donors (Lipinski definition) is 0. The van der Waals surface area contributed by atoms with Gasteiger partial charge in [0.05, 0.1) is 11.2 Å². The molecule has 0 atom stereocenters. The Morgan fingerprint density at radius 1 is 0.886 bits per heavy atom. The lowest BCUT2D eigenvalue weighted by molar-refractivity contribution is 0.485. The molecule has 0 aliphatic rings. The molecule has 0 spiro atoms. The van der Waals surface area contributed by atoms with Gasteiger partial charge in [-0.1, -0.05) is 66.4 Å². The van der Waals surface area contributed by atoms with E-state index in [-0.39, 0.29) is 11.3 Å². The van der Waals surface area contributed by atoms with Gasteiger partial charge in [-0.3, -0.25) is 4.57 Å². The Kier molecular flexibility index (Phi) is 6.37. The Bertz CT molecular complexity index is 1530. The Labute approximate surface area is 204 Å². The summed E-state index contributed by atoms with van der Waals surface area (Å²) >= 11 is 1.08. The zero-order chi connectivity index (χ0) is 24.4. The molecule has 0 aliphatic carbocycles. The minimum absolute atomic E-state index is 0.142. The number of nitrogens with zero attached hydrogens (tertiary/aromatic N) is 4. The van der Waals surface area contributed by atoms with Crippen LogP contribution in [0.5, 0.6) is 0 Å². The number of pyridine rings is 1. The molecule has 0 fully saturated rings. The van der Waals surface area contributed by atoms with Crippen LogP contribution in [0.15, 0.2) is 90.6 Å². The number of benzene rings is 3. The second kappa shape index (κ2) is 9.76. The Balaban J connectivity index is 1.60. The first-order chi connectivity index (χ1) is 17.1. The highest BCUT2D eigenvalue weighted by Gasteiger charge is 2.20. The van der Waals surface area contributed by atoms with Gasteiger partial charge in [0.2, 0.25) is 0 Å². The summed E-state index contributed by atoms with van der Waals surface area (Å²) in [4.78, 5) is 4.82. The van der Waals surface area contributed by atoms with Crippen molar-refractivity contribution in [2.75, 3.05) is 0 Å². The average Bonchev–Trinajstić information content (AvgIpc) is 3.28. The number of para-hydroxylation sites is 1. The first kappa shape index (κ1) is 22.9. The molecule has 5 rings (SSSR count). The molecule has 8 heteroatoms. The summed E-state index contributed by atoms with van der Waals surface area (Å²) in [5, 5.41) is 10.0. The van der Waals surface area contributed by atoms with Crippen molar-refractivity contribution in [3.8, 4) is 22.6 Å². The molecule has 0 amide bonds. The van der Waals surface area contributed by atoms with Crippen LogP contribution in [0.4, 0.5) is 13.2 Å². The third-order valence-electron chi connectivity index (χ3n) is 5.54. The minimum Gasteiger partial charge on any atom is -0.298 e. The van der Waals surface area contributed by atoms with Crippen molar-refractivity contribution in [1.29, 1.82) is 0 Å². The fraction of sp³-hybridized carbons (Fsp3) is 0.0741. The maximum Gasteiger partial charge on any atom is 0.192 e. The molecule has 2 heterocycles. The van der Waals surface area contributed by atoms with Gasteiger partial charge in [-0.15, -0.1) is 16.8 Å². The highest BCUT2D eigenvalue weighted by Crippen LogP contribution is 2.34. The Morgan fingerprint density at radius 2 is 1.63 bits per heavy atom. The summed E-state index contributed by atoms with van der Waals surface area (Å²) in [6.07, 6.45) is 1.70. The zero-order valence-corrected chi connectivity index (χ0v) is 19.3. The molecule has 0 saturated heterocycles. The van der Waals surface area contributed by atoms with Gasteiger partial charge in [-0.2, -0.15) is 0 Å². The van der Waals surface area contributed by atoms with Crippen molar-refractivity contribution in [2.24, 2.45) is 0 Å². The molecule has 5 aromatic rings. The molecule has 2 aromatic heterocycles. The average molecular weight is 489 g/mol. The van der Waals surface area contributed by atoms with Crippen LogP contribution >= 0.6 is 11.8 Å². The van der Waals surface area contributed by atoms with Crippen LogP contribution in [0.25, 0.3) is 33.5 Å². The van der Waals surface area contributed by atoms with E-state index in [4.69, 9.17) is 4.98 Å². The first-order valence-corrected chi connectivity index (χ1v) is 11.8. The first-order valence-electron chi connectivity index (χ1n) is 10.8. The van der Waals surface area contributed by atoms with Gasteiger partial charge >= 0.3 is 0 Å². The van der Waals surface area contributed by atoms with E-state index >= 15 is 0 Å². The van der Waals surface area contributed by atoms with Gasteiger partial charge in [-0.05, 0) is 24.3 Å². The molecule has 35 heavy (non-hydrogen) atoms. The molecular formula is C27H19F3N4S. The van der Waals surface area contributed by atoms with E-state index in [0.29, 0.717) is 17.5 Å². The topological polar surface area (TPSA) is 43.6 Å². The molecule has 0 unspecified atom stereocenters. The quantitative estimate of drug-likeness (QED) is 0.140. The summed E-state index contributed by atoms with van der Waals surface area (Å²) in [5.74, 6) is -2.66. The molecule has 174 valence electrons. The van der Waals surface area contributed by atoms with E-state index in [9.17, 15) is 13.2 Å². The summed E-state index contributed by atoms with van der Waals surface area (Å²) in [5.41, 5.74) is 3.02. The largest absolute Gasteiger partial charge is 0.298 e. The number of allylic oxidation sites excluding steroid dienone is 1. The lowest BCUT2D eigenvalue weighted by Crippen LogP contribution is -2.03. The van der Waals surface area contributed by atoms with Gasteiger partial charge < -0.3 is 0 Å². The van der Waals surface area contributed by atoms with E-state index in [1.165, 1.54) is 0 Å². The van der Waals surface area contributed by atoms with E-state index in [0.717, 1.165) is 51.6 Å². The second-order valence-electron chi connectivity index (χ2n) is 7.75. The lowest BCUT2D eigenvalue weighted by Gasteiger charge is -2.12. The standard InChI is InChI=1S/C27H19F3N4S/c1-2-14-34-26(32-33-27(34)35-16-20-21(28)12-13-22(29)25(20)30)19-15-24(17-8-4-3-5-9-17)31-23-11-7-6-10-18(19)23/h2-13,15H,1,14,16H2. The van der Waals surface area contributed by atoms with Crippen LogP contribution in [0.1, 0.15) is 5.56 Å². The number of rotatable bonds is 7. The van der Waals surface area contributed by atoms with Crippen molar-refractivity contribution in [1.82, 2.24) is 19.7 Å². The van der Waals surface area contributed by atoms with E-state index < -0.39 is 17.5 Å². The fourth-order valence-electron chi connectivity index (χ4n) is 3.84. The molecule has 0 N–H and O–H groups in total. The van der Waals surface area contributed by atoms with Crippen molar-refractivity contribution >= 4 is 22.7 Å². The smallest absolute Gasteiger partial charge is 0.192 e. The van der Waals surface area contributed by atoms with E-state index in [2.05, 4.69) is 16.8 Å². The van der Waals surface area contributed by atoms with Crippen LogP contribution in [-0.4, -0.2) is 19.7 Å². The summed E-state index contributed by atoms with van der Waals surface area (Å²) in [6.45, 7) is 4.20. The van der Waals surface area contributed by atoms with Crippen LogP contribution in [0.2, 0.25) is 0 Å². The third kappa shape index (κ3) is 4.44. The molecule has 0 radical (unpaired) electrons. The van der Waals surface area contributed by atoms with E-state index in [1.807, 2.05) is 65.2 Å². The minimum atomic E-state index is -1.19. The van der Waals surface area contributed by atoms with Gasteiger partial charge in [-0.25, -0.2) is 18.2 Å². The predicted octanol–water partition coefficient (Wildman–Crippen LogP) is 7.06. The second-order valence-corrected chi connectivity index (χ2v) is 8.70. The van der Waals surface area contributed by atoms with Crippen LogP contribution < -0.4 is 0 Å². The molecule has 0 aliphatic heterocycles. The van der Waals surface area contributed by atoms with Gasteiger partial charge in [0.25, 0.3) is 0 Å². The maximum atomic E-state index is 14.2. The highest BCUT2D eigenvalue weighted by molar-refractivity contribution is 7.98. The zero-order valence-electron chi connectivity index (χ0n) is 18.5. The van der Waals surface area contributed by atoms with E-state index in [1.54, 1.807) is 6.08 Å². The van der Waals surface area contributed by atoms with Crippen molar-refractivity contribution in [2.45, 2.75) is 17.5 Å². The van der Waals surface area contributed by atoms with Gasteiger partial charge in [0.15, 0.2) is 22.6 Å². The summed E-state index contributed by atoms with van der Waals surface area (Å²) in [6, 6.07) is 21.2. The number of thioether (sulfide) groups is 1. The maximum absolute atomic E-state index is 14.2. The van der Waals surface area contributed by atoms with Crippen LogP contribution in [-0.2, 0) is 12.3 Å². The fourth-order valence-corrected chi connectivity index (χ4v) is 4.80. The van der Waals surface area contributed by atoms with Crippen LogP contribution in [0.3, 0.4) is 0 Å². The molecule has 0 saturated carbocycles. The molecule has 0 bridgehead atoms. The molecular weight excluding hydrogens is 469 g/mol. The third-order valence-corrected chi connectivity index (χ3v) is 6.53. The lowest BCUT2D eigenvalue weighted by atomic mass is 10.0. The number of fused-ring (bicyclic) bond motifs is 1. The Morgan fingerprint density at radius 3 is 2.43 bits per heavy atom. The monoisotopic (exact) mass is 488 g/mol. The van der Waals surface area contributed by atoms with Gasteiger partial charge in [0.1, 0.15) is 5.82 Å². The number of hydrogen-bond acceptors (Lipinski definition) is 4. The molecule has 3 aromatic carbocycles. The predicted molar refractivity (Wildman–Crippen MR) is 132 cm³/mol. The van der Waals surface area contributed by atoms with Gasteiger partial charge in [0, 0.05) is 34.4 Å². The van der Waals surface area contributed by atoms with Crippen molar-refractivity contribution < 1.29 is 13.2 Å². The normalized spacial score (nSPS) is 11.2. The number of aromatic nitrogens is 4. The Hall–Kier alpha value is -3.91. The highest BCUT2D eigenvalue weighted by atomic mass is 32.2. The SMILES string of the molecule is C=CCn1c(SCc2c(F)ccc(F)c2F)nnc1-c1cc(-c2ccccc2)nc2ccccc12. The number of halogens is 3. The van der Waals surface area contributed by atoms with Crippen molar-refractivity contribution in [3.05, 3.63) is 108 Å². The summed E-state index contributed by atoms with van der Waals surface area (Å²) in [7, 11) is 0. The van der Waals surface area contributed by atoms with Crippen LogP contribution in [0, 0.1) is 17.5 Å². The molecule has 4 nitrogen and oxygen atoms in total.